The average Bonchev–Trinajstić information content (AvgIpc) is 2.33. The van der Waals surface area contributed by atoms with Crippen LogP contribution in [0.4, 0.5) is 0 Å². The van der Waals surface area contributed by atoms with E-state index in [2.05, 4.69) is 11.8 Å². The molecular formula is C11H16P2. The number of hydrogen-bond acceptors (Lipinski definition) is 0. The zero-order valence-electron chi connectivity index (χ0n) is 8.00. The summed E-state index contributed by atoms with van der Waals surface area (Å²) in [5.74, 6) is 5.62. The third-order valence-electron chi connectivity index (χ3n) is 2.31. The Kier molecular flexibility index (Phi) is 5.47. The Morgan fingerprint density at radius 2 is 1.31 bits per heavy atom. The van der Waals surface area contributed by atoms with Crippen LogP contribution in [0.25, 0.3) is 0 Å². The van der Waals surface area contributed by atoms with Gasteiger partial charge in [-0.3, -0.25) is 0 Å². The van der Waals surface area contributed by atoms with Crippen LogP contribution in [-0.4, -0.2) is 37.0 Å². The van der Waals surface area contributed by atoms with Crippen molar-refractivity contribution in [2.75, 3.05) is 37.0 Å². The van der Waals surface area contributed by atoms with Crippen LogP contribution < -0.4 is 0 Å². The van der Waals surface area contributed by atoms with Gasteiger partial charge >= 0.3 is 0 Å². The predicted octanol–water partition coefficient (Wildman–Crippen LogP) is 2.62. The number of rotatable bonds is 2. The fourth-order valence-electron chi connectivity index (χ4n) is 1.60. The minimum absolute atomic E-state index is 0.176. The van der Waals surface area contributed by atoms with Gasteiger partial charge in [-0.2, -0.15) is 0 Å². The van der Waals surface area contributed by atoms with Crippen molar-refractivity contribution < 1.29 is 0 Å². The first-order chi connectivity index (χ1) is 6.36. The SMILES string of the molecule is C#CCP1CCCP(CC#C)CC1. The lowest BCUT2D eigenvalue weighted by atomic mass is 10.6. The maximum Gasteiger partial charge on any atom is 0.0288 e. The second-order valence-electron chi connectivity index (χ2n) is 3.31. The largest absolute Gasteiger partial charge is 0.120 e. The van der Waals surface area contributed by atoms with Crippen molar-refractivity contribution >= 4 is 15.8 Å². The van der Waals surface area contributed by atoms with Crippen molar-refractivity contribution in [1.29, 1.82) is 0 Å². The molecule has 0 bridgehead atoms. The van der Waals surface area contributed by atoms with Crippen molar-refractivity contribution in [2.45, 2.75) is 6.42 Å². The standard InChI is InChI=1S/C11H16P2/c1-3-6-12-8-5-9-13(7-4-2)11-10-12/h1-2H,5-11H2. The van der Waals surface area contributed by atoms with Gasteiger partial charge in [0.2, 0.25) is 0 Å². The lowest BCUT2D eigenvalue weighted by Crippen LogP contribution is -1.94. The quantitative estimate of drug-likeness (QED) is 0.485. The summed E-state index contributed by atoms with van der Waals surface area (Å²) >= 11 is 0. The molecule has 13 heavy (non-hydrogen) atoms. The van der Waals surface area contributed by atoms with Crippen LogP contribution in [0.1, 0.15) is 6.42 Å². The Bertz CT molecular complexity index is 197. The summed E-state index contributed by atoms with van der Waals surface area (Å²) in [6.07, 6.45) is 19.7. The molecule has 2 atom stereocenters. The smallest absolute Gasteiger partial charge is 0.0288 e. The van der Waals surface area contributed by atoms with E-state index in [0.717, 1.165) is 12.3 Å². The lowest BCUT2D eigenvalue weighted by Gasteiger charge is -2.12. The fraction of sp³-hybridized carbons (Fsp3) is 0.636. The van der Waals surface area contributed by atoms with Crippen molar-refractivity contribution in [3.8, 4) is 24.7 Å². The zero-order valence-corrected chi connectivity index (χ0v) is 9.79. The molecule has 2 heteroatoms. The van der Waals surface area contributed by atoms with Gasteiger partial charge in [-0.25, -0.2) is 0 Å². The van der Waals surface area contributed by atoms with E-state index in [1.54, 1.807) is 0 Å². The van der Waals surface area contributed by atoms with E-state index in [1.807, 2.05) is 0 Å². The second kappa shape index (κ2) is 6.44. The Hall–Kier alpha value is -0.0200. The average molecular weight is 210 g/mol. The van der Waals surface area contributed by atoms with Gasteiger partial charge in [0.1, 0.15) is 0 Å². The third kappa shape index (κ3) is 4.14. The molecule has 0 nitrogen and oxygen atoms in total. The van der Waals surface area contributed by atoms with Crippen LogP contribution >= 0.6 is 15.8 Å². The molecule has 1 saturated heterocycles. The van der Waals surface area contributed by atoms with E-state index in [1.165, 1.54) is 31.1 Å². The highest BCUT2D eigenvalue weighted by Gasteiger charge is 2.16. The van der Waals surface area contributed by atoms with E-state index < -0.39 is 0 Å². The molecule has 0 amide bonds. The summed E-state index contributed by atoms with van der Waals surface area (Å²) in [5, 5.41) is 0. The number of hydrogen-bond donors (Lipinski definition) is 0. The molecule has 2 unspecified atom stereocenters. The molecule has 0 saturated carbocycles. The van der Waals surface area contributed by atoms with E-state index in [0.29, 0.717) is 0 Å². The Morgan fingerprint density at radius 1 is 0.846 bits per heavy atom. The maximum absolute atomic E-state index is 5.34. The summed E-state index contributed by atoms with van der Waals surface area (Å²) in [6.45, 7) is 0. The van der Waals surface area contributed by atoms with Gasteiger partial charge < -0.3 is 0 Å². The maximum atomic E-state index is 5.34. The molecule has 70 valence electrons. The van der Waals surface area contributed by atoms with Crippen LogP contribution in [0.5, 0.6) is 0 Å². The molecule has 0 spiro atoms. The van der Waals surface area contributed by atoms with Gasteiger partial charge in [-0.15, -0.1) is 24.7 Å². The monoisotopic (exact) mass is 210 g/mol. The summed E-state index contributed by atoms with van der Waals surface area (Å²) in [4.78, 5) is 0. The van der Waals surface area contributed by atoms with Gasteiger partial charge in [-0.1, -0.05) is 15.8 Å². The third-order valence-corrected chi connectivity index (χ3v) is 7.53. The highest BCUT2D eigenvalue weighted by Crippen LogP contribution is 2.47. The second-order valence-corrected chi connectivity index (χ2v) is 8.42. The Balaban J connectivity index is 2.32. The molecule has 0 N–H and O–H groups in total. The predicted molar refractivity (Wildman–Crippen MR) is 65.3 cm³/mol. The van der Waals surface area contributed by atoms with Crippen molar-refractivity contribution in [1.82, 2.24) is 0 Å². The molecule has 1 aliphatic rings. The van der Waals surface area contributed by atoms with E-state index in [4.69, 9.17) is 12.8 Å². The van der Waals surface area contributed by atoms with Crippen molar-refractivity contribution in [2.24, 2.45) is 0 Å². The van der Waals surface area contributed by atoms with Gasteiger partial charge in [0, 0.05) is 12.3 Å². The molecule has 0 aromatic heterocycles. The molecule has 1 heterocycles. The summed E-state index contributed by atoms with van der Waals surface area (Å²) in [5.41, 5.74) is 0. The molecule has 0 aromatic carbocycles. The first-order valence-corrected chi connectivity index (χ1v) is 8.48. The fourth-order valence-corrected chi connectivity index (χ4v) is 6.92. The van der Waals surface area contributed by atoms with Crippen molar-refractivity contribution in [3.05, 3.63) is 0 Å². The van der Waals surface area contributed by atoms with Gasteiger partial charge in [0.05, 0.1) is 0 Å². The summed E-state index contributed by atoms with van der Waals surface area (Å²) in [6, 6.07) is 0. The highest BCUT2D eigenvalue weighted by molar-refractivity contribution is 7.62. The topological polar surface area (TPSA) is 0 Å². The minimum Gasteiger partial charge on any atom is -0.120 e. The molecule has 0 radical (unpaired) electrons. The molecule has 1 fully saturated rings. The van der Waals surface area contributed by atoms with Gasteiger partial charge in [-0.05, 0) is 31.1 Å². The van der Waals surface area contributed by atoms with Crippen LogP contribution in [0.3, 0.4) is 0 Å². The van der Waals surface area contributed by atoms with E-state index in [9.17, 15) is 0 Å². The molecule has 1 rings (SSSR count). The van der Waals surface area contributed by atoms with Crippen LogP contribution in [0, 0.1) is 24.7 Å². The van der Waals surface area contributed by atoms with E-state index in [-0.39, 0.29) is 15.8 Å². The van der Waals surface area contributed by atoms with Gasteiger partial charge in [0.15, 0.2) is 0 Å². The summed E-state index contributed by atoms with van der Waals surface area (Å²) < 4.78 is 0. The molecule has 0 aromatic rings. The molecule has 1 aliphatic heterocycles. The zero-order chi connectivity index (χ0) is 9.52. The highest BCUT2D eigenvalue weighted by atomic mass is 31.1. The molecule has 0 aliphatic carbocycles. The van der Waals surface area contributed by atoms with Gasteiger partial charge in [0.25, 0.3) is 0 Å². The Morgan fingerprint density at radius 3 is 1.69 bits per heavy atom. The Labute approximate surface area is 84.4 Å². The van der Waals surface area contributed by atoms with E-state index >= 15 is 0 Å². The minimum atomic E-state index is 0.176. The van der Waals surface area contributed by atoms with Crippen LogP contribution in [0.15, 0.2) is 0 Å². The lowest BCUT2D eigenvalue weighted by molar-refractivity contribution is 1.11. The van der Waals surface area contributed by atoms with Crippen molar-refractivity contribution in [3.63, 3.8) is 0 Å². The normalized spacial score (nSPS) is 28.5. The molecular weight excluding hydrogens is 194 g/mol. The van der Waals surface area contributed by atoms with Crippen LogP contribution in [0.2, 0.25) is 0 Å². The first kappa shape index (κ1) is 11.1. The number of terminal acetylenes is 2. The summed E-state index contributed by atoms with van der Waals surface area (Å²) in [7, 11) is 0.351. The first-order valence-electron chi connectivity index (χ1n) is 4.68. The van der Waals surface area contributed by atoms with Crippen LogP contribution in [-0.2, 0) is 0 Å².